The van der Waals surface area contributed by atoms with E-state index in [1.54, 1.807) is 12.1 Å². The van der Waals surface area contributed by atoms with Crippen molar-refractivity contribution >= 4 is 21.8 Å². The molecule has 0 fully saturated rings. The molecule has 4 rings (SSSR count). The molecule has 1 heterocycles. The zero-order chi connectivity index (χ0) is 18.1. The zero-order valence-electron chi connectivity index (χ0n) is 14.2. The zero-order valence-corrected chi connectivity index (χ0v) is 14.2. The first-order valence-electron chi connectivity index (χ1n) is 8.66. The first kappa shape index (κ1) is 16.2. The van der Waals surface area contributed by atoms with Crippen molar-refractivity contribution in [2.75, 3.05) is 0 Å². The van der Waals surface area contributed by atoms with Crippen molar-refractivity contribution < 1.29 is 10.2 Å². The molecule has 0 unspecified atom stereocenters. The van der Waals surface area contributed by atoms with Gasteiger partial charge in [0.25, 0.3) is 0 Å². The molecule has 1 aromatic heterocycles. The van der Waals surface area contributed by atoms with Crippen LogP contribution in [0.4, 0.5) is 0 Å². The molecule has 0 aliphatic carbocycles. The van der Waals surface area contributed by atoms with Crippen LogP contribution in [0, 0.1) is 0 Å². The molecule has 2 N–H and O–H groups in total. The van der Waals surface area contributed by atoms with Crippen LogP contribution >= 0.6 is 0 Å². The Morgan fingerprint density at radius 2 is 1.58 bits per heavy atom. The first-order valence-corrected chi connectivity index (χ1v) is 8.66. The highest BCUT2D eigenvalue weighted by Gasteiger charge is 2.14. The highest BCUT2D eigenvalue weighted by molar-refractivity contribution is 5.97. The van der Waals surface area contributed by atoms with Gasteiger partial charge in [-0.25, -0.2) is 0 Å². The Hall–Kier alpha value is -3.27. The number of benzene rings is 3. The van der Waals surface area contributed by atoms with Gasteiger partial charge in [-0.1, -0.05) is 42.5 Å². The summed E-state index contributed by atoms with van der Waals surface area (Å²) in [5.74, 6) is -0.242. The van der Waals surface area contributed by atoms with Crippen LogP contribution in [0.15, 0.2) is 71.5 Å². The topological polar surface area (TPSA) is 62.5 Å². The number of aromatic nitrogens is 1. The van der Waals surface area contributed by atoms with E-state index >= 15 is 0 Å². The van der Waals surface area contributed by atoms with E-state index in [1.165, 1.54) is 11.6 Å². The third kappa shape index (κ3) is 2.80. The maximum Gasteiger partial charge on any atom is 0.200 e. The van der Waals surface area contributed by atoms with Crippen LogP contribution in [0.2, 0.25) is 0 Å². The lowest BCUT2D eigenvalue weighted by atomic mass is 10.1. The largest absolute Gasteiger partial charge is 0.508 e. The maximum absolute atomic E-state index is 12.8. The van der Waals surface area contributed by atoms with Gasteiger partial charge in [0.2, 0.25) is 5.43 Å². The number of hydrogen-bond acceptors (Lipinski definition) is 3. The molecule has 4 aromatic rings. The lowest BCUT2D eigenvalue weighted by Gasteiger charge is -2.16. The van der Waals surface area contributed by atoms with Crippen molar-refractivity contribution in [1.82, 2.24) is 4.57 Å². The Morgan fingerprint density at radius 3 is 2.38 bits per heavy atom. The predicted molar refractivity (Wildman–Crippen MR) is 104 cm³/mol. The number of pyridine rings is 1. The summed E-state index contributed by atoms with van der Waals surface area (Å²) in [4.78, 5) is 12.8. The number of hydrogen-bond donors (Lipinski definition) is 2. The minimum atomic E-state index is -0.215. The SMILES string of the molecule is O=c1c2ccccc2n(CCCc2ccccc2)c2cc(O)cc(O)c12. The van der Waals surface area contributed by atoms with Gasteiger partial charge in [0, 0.05) is 24.1 Å². The summed E-state index contributed by atoms with van der Waals surface area (Å²) in [6, 6.07) is 20.4. The number of phenols is 2. The summed E-state index contributed by atoms with van der Waals surface area (Å²) in [5.41, 5.74) is 2.41. The highest BCUT2D eigenvalue weighted by atomic mass is 16.3. The van der Waals surface area contributed by atoms with Crippen LogP contribution < -0.4 is 5.43 Å². The molecule has 0 saturated heterocycles. The molecule has 130 valence electrons. The molecule has 4 nitrogen and oxygen atoms in total. The fourth-order valence-corrected chi connectivity index (χ4v) is 3.54. The van der Waals surface area contributed by atoms with Crippen molar-refractivity contribution in [1.29, 1.82) is 0 Å². The molecule has 26 heavy (non-hydrogen) atoms. The average molecular weight is 345 g/mol. The lowest BCUT2D eigenvalue weighted by molar-refractivity contribution is 0.454. The van der Waals surface area contributed by atoms with Crippen LogP contribution in [0.5, 0.6) is 11.5 Å². The molecule has 0 saturated carbocycles. The summed E-state index contributed by atoms with van der Waals surface area (Å²) in [6.45, 7) is 0.676. The van der Waals surface area contributed by atoms with Crippen molar-refractivity contribution in [2.45, 2.75) is 19.4 Å². The Balaban J connectivity index is 1.85. The van der Waals surface area contributed by atoms with E-state index in [0.717, 1.165) is 18.4 Å². The monoisotopic (exact) mass is 345 g/mol. The van der Waals surface area contributed by atoms with Gasteiger partial charge in [0.05, 0.1) is 16.4 Å². The van der Waals surface area contributed by atoms with E-state index in [-0.39, 0.29) is 22.3 Å². The van der Waals surface area contributed by atoms with Crippen molar-refractivity contribution in [3.63, 3.8) is 0 Å². The van der Waals surface area contributed by atoms with Gasteiger partial charge >= 0.3 is 0 Å². The van der Waals surface area contributed by atoms with E-state index < -0.39 is 0 Å². The van der Waals surface area contributed by atoms with Crippen LogP contribution in [0.25, 0.3) is 21.8 Å². The van der Waals surface area contributed by atoms with E-state index in [2.05, 4.69) is 12.1 Å². The number of aromatic hydroxyl groups is 2. The minimum absolute atomic E-state index is 0.0542. The molecule has 0 spiro atoms. The van der Waals surface area contributed by atoms with E-state index in [1.807, 2.05) is 41.0 Å². The highest BCUT2D eigenvalue weighted by Crippen LogP contribution is 2.30. The fraction of sp³-hybridized carbons (Fsp3) is 0.136. The Labute approximate surface area is 150 Å². The van der Waals surface area contributed by atoms with E-state index in [9.17, 15) is 15.0 Å². The maximum atomic E-state index is 12.8. The molecule has 0 amide bonds. The van der Waals surface area contributed by atoms with Crippen molar-refractivity contribution in [3.8, 4) is 11.5 Å². The standard InChI is InChI=1S/C22H19NO3/c24-16-13-19-21(20(25)14-16)22(26)17-10-4-5-11-18(17)23(19)12-6-9-15-7-2-1-3-8-15/h1-5,7-8,10-11,13-14,24-25H,6,9,12H2. The van der Waals surface area contributed by atoms with E-state index in [0.29, 0.717) is 17.4 Å². The lowest BCUT2D eigenvalue weighted by Crippen LogP contribution is -2.12. The van der Waals surface area contributed by atoms with Crippen LogP contribution in [0.1, 0.15) is 12.0 Å². The Bertz CT molecular complexity index is 1150. The number of phenolic OH excluding ortho intramolecular Hbond substituents is 2. The van der Waals surface area contributed by atoms with Gasteiger partial charge < -0.3 is 14.8 Å². The molecule has 3 aromatic carbocycles. The quantitative estimate of drug-likeness (QED) is 0.545. The van der Waals surface area contributed by atoms with Gasteiger partial charge in [0.1, 0.15) is 11.5 Å². The third-order valence-corrected chi connectivity index (χ3v) is 4.73. The number of para-hydroxylation sites is 1. The van der Waals surface area contributed by atoms with Gasteiger partial charge in [-0.2, -0.15) is 0 Å². The molecular formula is C22H19NO3. The smallest absolute Gasteiger partial charge is 0.200 e. The molecule has 0 atom stereocenters. The predicted octanol–water partition coefficient (Wildman–Crippen LogP) is 4.20. The molecule has 0 bridgehead atoms. The molecular weight excluding hydrogens is 326 g/mol. The van der Waals surface area contributed by atoms with Crippen molar-refractivity contribution in [3.05, 3.63) is 82.5 Å². The average Bonchev–Trinajstić information content (AvgIpc) is 2.65. The fourth-order valence-electron chi connectivity index (χ4n) is 3.54. The Kier molecular flexibility index (Phi) is 4.09. The van der Waals surface area contributed by atoms with Crippen molar-refractivity contribution in [2.24, 2.45) is 0 Å². The summed E-state index contributed by atoms with van der Waals surface area (Å²) >= 11 is 0. The summed E-state index contributed by atoms with van der Waals surface area (Å²) in [5, 5.41) is 21.0. The number of fused-ring (bicyclic) bond motifs is 2. The van der Waals surface area contributed by atoms with Gasteiger partial charge in [-0.15, -0.1) is 0 Å². The van der Waals surface area contributed by atoms with Crippen LogP contribution in [0.3, 0.4) is 0 Å². The first-order chi connectivity index (χ1) is 12.6. The molecule has 0 aliphatic rings. The summed E-state index contributed by atoms with van der Waals surface area (Å²) < 4.78 is 2.01. The second kappa shape index (κ2) is 6.56. The van der Waals surface area contributed by atoms with Crippen LogP contribution in [-0.2, 0) is 13.0 Å². The summed E-state index contributed by atoms with van der Waals surface area (Å²) in [7, 11) is 0. The molecule has 0 aliphatic heterocycles. The second-order valence-electron chi connectivity index (χ2n) is 6.45. The van der Waals surface area contributed by atoms with Gasteiger partial charge in [0.15, 0.2) is 0 Å². The van der Waals surface area contributed by atoms with Gasteiger partial charge in [-0.3, -0.25) is 4.79 Å². The number of rotatable bonds is 4. The summed E-state index contributed by atoms with van der Waals surface area (Å²) in [6.07, 6.45) is 1.79. The van der Waals surface area contributed by atoms with E-state index in [4.69, 9.17) is 0 Å². The normalized spacial score (nSPS) is 11.2. The van der Waals surface area contributed by atoms with Crippen LogP contribution in [-0.4, -0.2) is 14.8 Å². The Morgan fingerprint density at radius 1 is 0.846 bits per heavy atom. The molecule has 4 heteroatoms. The molecule has 0 radical (unpaired) electrons. The third-order valence-electron chi connectivity index (χ3n) is 4.73. The van der Waals surface area contributed by atoms with Gasteiger partial charge in [-0.05, 0) is 30.5 Å². The minimum Gasteiger partial charge on any atom is -0.508 e. The number of nitrogens with zero attached hydrogens (tertiary/aromatic N) is 1. The number of aryl methyl sites for hydroxylation is 2. The second-order valence-corrected chi connectivity index (χ2v) is 6.45.